The first-order valence-electron chi connectivity index (χ1n) is 9.54. The lowest BCUT2D eigenvalue weighted by atomic mass is 9.91. The van der Waals surface area contributed by atoms with Crippen LogP contribution in [0.2, 0.25) is 5.02 Å². The van der Waals surface area contributed by atoms with Crippen LogP contribution < -0.4 is 0 Å². The molecule has 0 aliphatic rings. The number of aromatic nitrogens is 4. The highest BCUT2D eigenvalue weighted by atomic mass is 35.5. The Balaban J connectivity index is 1.57. The van der Waals surface area contributed by atoms with E-state index in [0.29, 0.717) is 5.02 Å². The summed E-state index contributed by atoms with van der Waals surface area (Å²) in [6.07, 6.45) is 3.93. The van der Waals surface area contributed by atoms with Crippen LogP contribution in [0.4, 0.5) is 0 Å². The Morgan fingerprint density at radius 3 is 2.07 bits per heavy atom. The monoisotopic (exact) mass is 428 g/mol. The molecule has 30 heavy (non-hydrogen) atoms. The molecule has 146 valence electrons. The van der Waals surface area contributed by atoms with Crippen molar-refractivity contribution >= 4 is 40.1 Å². The van der Waals surface area contributed by atoms with Crippen molar-refractivity contribution in [3.05, 3.63) is 117 Å². The molecule has 0 saturated carbocycles. The summed E-state index contributed by atoms with van der Waals surface area (Å²) in [5, 5.41) is 15.2. The molecule has 0 radical (unpaired) electrons. The second kappa shape index (κ2) is 8.22. The molecule has 0 saturated heterocycles. The molecule has 6 heteroatoms. The minimum atomic E-state index is -0.0510. The number of nitrogens with zero attached hydrogens (tertiary/aromatic N) is 4. The maximum absolute atomic E-state index is 6.25. The predicted molar refractivity (Wildman–Crippen MR) is 123 cm³/mol. The van der Waals surface area contributed by atoms with E-state index < -0.39 is 0 Å². The number of hydrogen-bond donors (Lipinski definition) is 0. The molecular formula is C24H17ClN4S. The van der Waals surface area contributed by atoms with Crippen molar-refractivity contribution in [2.45, 2.75) is 5.92 Å². The van der Waals surface area contributed by atoms with Gasteiger partial charge < -0.3 is 0 Å². The van der Waals surface area contributed by atoms with E-state index in [4.69, 9.17) is 16.7 Å². The largest absolute Gasteiger partial charge is 0.234 e. The van der Waals surface area contributed by atoms with E-state index in [0.717, 1.165) is 32.5 Å². The van der Waals surface area contributed by atoms with Gasteiger partial charge in [-0.2, -0.15) is 9.61 Å². The van der Waals surface area contributed by atoms with Crippen LogP contribution in [-0.4, -0.2) is 19.8 Å². The van der Waals surface area contributed by atoms with E-state index in [1.54, 1.807) is 0 Å². The SMILES string of the molecule is Clc1ccccc1/C=C/c1nn2c(C(c3ccccc3)c3ccccc3)nnc2s1. The van der Waals surface area contributed by atoms with Crippen LogP contribution in [-0.2, 0) is 0 Å². The zero-order valence-electron chi connectivity index (χ0n) is 15.9. The van der Waals surface area contributed by atoms with Crippen molar-refractivity contribution in [3.8, 4) is 0 Å². The van der Waals surface area contributed by atoms with Crippen LogP contribution in [0.1, 0.15) is 33.4 Å². The molecule has 0 atom stereocenters. The Morgan fingerprint density at radius 2 is 1.40 bits per heavy atom. The fraction of sp³-hybridized carbons (Fsp3) is 0.0417. The maximum atomic E-state index is 6.25. The molecule has 0 aliphatic carbocycles. The summed E-state index contributed by atoms with van der Waals surface area (Å²) in [6, 6.07) is 28.4. The van der Waals surface area contributed by atoms with Crippen LogP contribution in [0, 0.1) is 0 Å². The lowest BCUT2D eigenvalue weighted by Crippen LogP contribution is -2.08. The summed E-state index contributed by atoms with van der Waals surface area (Å²) >= 11 is 7.75. The highest BCUT2D eigenvalue weighted by Gasteiger charge is 2.24. The van der Waals surface area contributed by atoms with Gasteiger partial charge in [-0.15, -0.1) is 10.2 Å². The molecular weight excluding hydrogens is 412 g/mol. The molecule has 0 spiro atoms. The molecule has 4 nitrogen and oxygen atoms in total. The first-order chi connectivity index (χ1) is 14.8. The van der Waals surface area contributed by atoms with Gasteiger partial charge in [0.15, 0.2) is 5.82 Å². The first-order valence-corrected chi connectivity index (χ1v) is 10.7. The second-order valence-corrected chi connectivity index (χ2v) is 8.20. The third-order valence-electron chi connectivity index (χ3n) is 4.87. The Morgan fingerprint density at radius 1 is 0.767 bits per heavy atom. The Kier molecular flexibility index (Phi) is 5.13. The van der Waals surface area contributed by atoms with Gasteiger partial charge >= 0.3 is 0 Å². The zero-order chi connectivity index (χ0) is 20.3. The smallest absolute Gasteiger partial charge is 0.186 e. The molecule has 3 aromatic carbocycles. The van der Waals surface area contributed by atoms with E-state index in [9.17, 15) is 0 Å². The van der Waals surface area contributed by atoms with E-state index in [-0.39, 0.29) is 5.92 Å². The molecule has 5 rings (SSSR count). The summed E-state index contributed by atoms with van der Waals surface area (Å²) < 4.78 is 1.85. The van der Waals surface area contributed by atoms with Crippen LogP contribution in [0.25, 0.3) is 17.1 Å². The number of benzene rings is 3. The highest BCUT2D eigenvalue weighted by Crippen LogP contribution is 2.32. The van der Waals surface area contributed by atoms with E-state index >= 15 is 0 Å². The molecule has 2 aromatic heterocycles. The normalized spacial score (nSPS) is 11.7. The van der Waals surface area contributed by atoms with Gasteiger partial charge in [-0.3, -0.25) is 0 Å². The van der Waals surface area contributed by atoms with Gasteiger partial charge in [-0.25, -0.2) is 0 Å². The van der Waals surface area contributed by atoms with Gasteiger partial charge in [0.05, 0.1) is 5.92 Å². The maximum Gasteiger partial charge on any atom is 0.234 e. The Bertz CT molecular complexity index is 1270. The Hall–Kier alpha value is -3.28. The van der Waals surface area contributed by atoms with Crippen LogP contribution in [0.3, 0.4) is 0 Å². The fourth-order valence-electron chi connectivity index (χ4n) is 3.45. The van der Waals surface area contributed by atoms with Gasteiger partial charge in [0.1, 0.15) is 5.01 Å². The van der Waals surface area contributed by atoms with Gasteiger partial charge in [0, 0.05) is 5.02 Å². The van der Waals surface area contributed by atoms with Crippen LogP contribution >= 0.6 is 22.9 Å². The molecule has 0 fully saturated rings. The molecule has 0 amide bonds. The van der Waals surface area contributed by atoms with Crippen molar-refractivity contribution in [2.75, 3.05) is 0 Å². The summed E-state index contributed by atoms with van der Waals surface area (Å²) in [5.74, 6) is 0.751. The van der Waals surface area contributed by atoms with Crippen molar-refractivity contribution in [3.63, 3.8) is 0 Å². The average molecular weight is 429 g/mol. The zero-order valence-corrected chi connectivity index (χ0v) is 17.5. The molecule has 0 unspecified atom stereocenters. The number of rotatable bonds is 5. The standard InChI is InChI=1S/C24H17ClN4S/c25-20-14-8-7-9-17(20)15-16-21-28-29-23(26-27-24(29)30-21)22(18-10-3-1-4-11-18)19-12-5-2-6-13-19/h1-16,22H/b16-15+. The second-order valence-electron chi connectivity index (χ2n) is 6.80. The first kappa shape index (κ1) is 18.7. The van der Waals surface area contributed by atoms with Gasteiger partial charge in [-0.05, 0) is 28.8 Å². The number of hydrogen-bond acceptors (Lipinski definition) is 4. The topological polar surface area (TPSA) is 43.1 Å². The van der Waals surface area contributed by atoms with Crippen molar-refractivity contribution < 1.29 is 0 Å². The van der Waals surface area contributed by atoms with Crippen molar-refractivity contribution in [1.82, 2.24) is 19.8 Å². The van der Waals surface area contributed by atoms with Gasteiger partial charge in [-0.1, -0.05) is 108 Å². The molecule has 5 aromatic rings. The lowest BCUT2D eigenvalue weighted by Gasteiger charge is -2.15. The minimum Gasteiger partial charge on any atom is -0.186 e. The number of halogens is 1. The summed E-state index contributed by atoms with van der Waals surface area (Å²) in [4.78, 5) is 0.765. The van der Waals surface area contributed by atoms with Crippen LogP contribution in [0.5, 0.6) is 0 Å². The summed E-state index contributed by atoms with van der Waals surface area (Å²) in [6.45, 7) is 0. The molecule has 0 aliphatic heterocycles. The highest BCUT2D eigenvalue weighted by molar-refractivity contribution is 7.17. The van der Waals surface area contributed by atoms with Crippen molar-refractivity contribution in [1.29, 1.82) is 0 Å². The molecule has 0 bridgehead atoms. The lowest BCUT2D eigenvalue weighted by molar-refractivity contribution is 0.782. The van der Waals surface area contributed by atoms with Crippen LogP contribution in [0.15, 0.2) is 84.9 Å². The Labute approximate surface area is 183 Å². The van der Waals surface area contributed by atoms with Crippen molar-refractivity contribution in [2.24, 2.45) is 0 Å². The quantitative estimate of drug-likeness (QED) is 0.335. The fourth-order valence-corrected chi connectivity index (χ4v) is 4.39. The molecule has 0 N–H and O–H groups in total. The summed E-state index contributed by atoms with van der Waals surface area (Å²) in [7, 11) is 0. The number of fused-ring (bicyclic) bond motifs is 1. The van der Waals surface area contributed by atoms with E-state index in [1.165, 1.54) is 11.3 Å². The third-order valence-corrected chi connectivity index (χ3v) is 6.07. The van der Waals surface area contributed by atoms with Gasteiger partial charge in [0.2, 0.25) is 4.96 Å². The van der Waals surface area contributed by atoms with E-state index in [2.05, 4.69) is 34.5 Å². The van der Waals surface area contributed by atoms with Gasteiger partial charge in [0.25, 0.3) is 0 Å². The predicted octanol–water partition coefficient (Wildman–Crippen LogP) is 6.19. The molecule has 2 heterocycles. The summed E-state index contributed by atoms with van der Waals surface area (Å²) in [5.41, 5.74) is 3.26. The average Bonchev–Trinajstić information content (AvgIpc) is 3.36. The third kappa shape index (κ3) is 3.65. The minimum absolute atomic E-state index is 0.0510. The van der Waals surface area contributed by atoms with E-state index in [1.807, 2.05) is 77.3 Å².